The largest absolute Gasteiger partial charge is 0.278 e. The molecule has 0 aliphatic carbocycles. The van der Waals surface area contributed by atoms with Gasteiger partial charge in [-0.2, -0.15) is 5.10 Å². The van der Waals surface area contributed by atoms with Gasteiger partial charge in [0.05, 0.1) is 5.69 Å². The predicted octanol–water partition coefficient (Wildman–Crippen LogP) is 1.73. The normalized spacial score (nSPS) is 10.3. The quantitative estimate of drug-likeness (QED) is 0.738. The average Bonchev–Trinajstić information content (AvgIpc) is 2.18. The minimum Gasteiger partial charge on any atom is -0.275 e. The SMILES string of the molecule is CCCCn1nc(C)cc(C(=O)Cl)c1=O. The first kappa shape index (κ1) is 11.9. The van der Waals surface area contributed by atoms with Gasteiger partial charge in [0.25, 0.3) is 10.8 Å². The maximum absolute atomic E-state index is 11.7. The van der Waals surface area contributed by atoms with Crippen molar-refractivity contribution in [2.24, 2.45) is 0 Å². The van der Waals surface area contributed by atoms with E-state index in [0.717, 1.165) is 12.8 Å². The van der Waals surface area contributed by atoms with E-state index < -0.39 is 10.8 Å². The fraction of sp³-hybridized carbons (Fsp3) is 0.500. The third-order valence-electron chi connectivity index (χ3n) is 2.03. The molecule has 0 amide bonds. The van der Waals surface area contributed by atoms with Crippen LogP contribution in [0.25, 0.3) is 0 Å². The third kappa shape index (κ3) is 2.89. The Bertz CT molecular complexity index is 426. The van der Waals surface area contributed by atoms with Gasteiger partial charge in [0.2, 0.25) is 0 Å². The number of carbonyl (C=O) groups is 1. The first-order chi connectivity index (χ1) is 7.06. The minimum absolute atomic E-state index is 0.000250. The smallest absolute Gasteiger partial charge is 0.275 e. The summed E-state index contributed by atoms with van der Waals surface area (Å²) in [4.78, 5) is 22.6. The molecule has 4 nitrogen and oxygen atoms in total. The van der Waals surface area contributed by atoms with Gasteiger partial charge in [-0.1, -0.05) is 13.3 Å². The van der Waals surface area contributed by atoms with Crippen LogP contribution in [0.5, 0.6) is 0 Å². The van der Waals surface area contributed by atoms with Gasteiger partial charge in [0, 0.05) is 6.54 Å². The van der Waals surface area contributed by atoms with Crippen molar-refractivity contribution in [1.29, 1.82) is 0 Å². The molecule has 0 fully saturated rings. The van der Waals surface area contributed by atoms with Gasteiger partial charge in [-0.3, -0.25) is 9.59 Å². The standard InChI is InChI=1S/C10H13ClN2O2/c1-3-4-5-13-10(15)8(9(11)14)6-7(2)12-13/h6H,3-5H2,1-2H3. The molecular weight excluding hydrogens is 216 g/mol. The number of hydrogen-bond donors (Lipinski definition) is 0. The van der Waals surface area contributed by atoms with Crippen LogP contribution >= 0.6 is 11.6 Å². The molecule has 1 aromatic heterocycles. The molecule has 0 aliphatic rings. The summed E-state index contributed by atoms with van der Waals surface area (Å²) in [6.45, 7) is 4.27. The van der Waals surface area contributed by atoms with Crippen molar-refractivity contribution in [3.8, 4) is 0 Å². The summed E-state index contributed by atoms with van der Waals surface area (Å²) in [5, 5.41) is 3.32. The number of nitrogens with zero attached hydrogens (tertiary/aromatic N) is 2. The highest BCUT2D eigenvalue weighted by atomic mass is 35.5. The zero-order valence-corrected chi connectivity index (χ0v) is 9.54. The van der Waals surface area contributed by atoms with Gasteiger partial charge >= 0.3 is 0 Å². The van der Waals surface area contributed by atoms with Crippen LogP contribution in [0.15, 0.2) is 10.9 Å². The molecule has 5 heteroatoms. The highest BCUT2D eigenvalue weighted by molar-refractivity contribution is 6.67. The molecule has 0 saturated heterocycles. The zero-order valence-electron chi connectivity index (χ0n) is 8.79. The Hall–Kier alpha value is -1.16. The van der Waals surface area contributed by atoms with Gasteiger partial charge < -0.3 is 0 Å². The lowest BCUT2D eigenvalue weighted by Gasteiger charge is -2.05. The molecule has 0 unspecified atom stereocenters. The molecule has 0 saturated carbocycles. The lowest BCUT2D eigenvalue weighted by Crippen LogP contribution is -2.28. The Morgan fingerprint density at radius 2 is 2.27 bits per heavy atom. The summed E-state index contributed by atoms with van der Waals surface area (Å²) in [5.41, 5.74) is 0.212. The first-order valence-electron chi connectivity index (χ1n) is 4.85. The van der Waals surface area contributed by atoms with E-state index in [1.165, 1.54) is 10.7 Å². The van der Waals surface area contributed by atoms with E-state index in [2.05, 4.69) is 5.10 Å². The number of halogens is 1. The monoisotopic (exact) mass is 228 g/mol. The molecule has 1 rings (SSSR count). The van der Waals surface area contributed by atoms with Crippen molar-refractivity contribution >= 4 is 16.8 Å². The van der Waals surface area contributed by atoms with Crippen LogP contribution in [0.4, 0.5) is 0 Å². The minimum atomic E-state index is -0.726. The molecule has 0 aliphatic heterocycles. The summed E-state index contributed by atoms with van der Waals surface area (Å²) in [6.07, 6.45) is 1.82. The van der Waals surface area contributed by atoms with Crippen molar-refractivity contribution in [1.82, 2.24) is 9.78 Å². The van der Waals surface area contributed by atoms with Crippen molar-refractivity contribution in [2.45, 2.75) is 33.2 Å². The Morgan fingerprint density at radius 3 is 2.80 bits per heavy atom. The number of aromatic nitrogens is 2. The highest BCUT2D eigenvalue weighted by Crippen LogP contribution is 2.00. The van der Waals surface area contributed by atoms with Crippen LogP contribution in [0.2, 0.25) is 0 Å². The second kappa shape index (κ2) is 5.07. The van der Waals surface area contributed by atoms with Gasteiger partial charge in [0.15, 0.2) is 0 Å². The number of carbonyl (C=O) groups excluding carboxylic acids is 1. The third-order valence-corrected chi connectivity index (χ3v) is 2.24. The summed E-state index contributed by atoms with van der Waals surface area (Å²) < 4.78 is 1.30. The van der Waals surface area contributed by atoms with Crippen LogP contribution in [-0.2, 0) is 6.54 Å². The average molecular weight is 229 g/mol. The molecule has 15 heavy (non-hydrogen) atoms. The number of hydrogen-bond acceptors (Lipinski definition) is 3. The molecular formula is C10H13ClN2O2. The predicted molar refractivity (Wildman–Crippen MR) is 58.3 cm³/mol. The fourth-order valence-corrected chi connectivity index (χ4v) is 1.41. The van der Waals surface area contributed by atoms with E-state index in [-0.39, 0.29) is 5.56 Å². The van der Waals surface area contributed by atoms with Crippen LogP contribution in [-0.4, -0.2) is 15.0 Å². The zero-order chi connectivity index (χ0) is 11.4. The van der Waals surface area contributed by atoms with Gasteiger partial charge in [-0.15, -0.1) is 0 Å². The van der Waals surface area contributed by atoms with Crippen molar-refractivity contribution < 1.29 is 4.79 Å². The number of unbranched alkanes of at least 4 members (excludes halogenated alkanes) is 1. The van der Waals surface area contributed by atoms with Crippen LogP contribution in [0.3, 0.4) is 0 Å². The summed E-state index contributed by atoms with van der Waals surface area (Å²) >= 11 is 5.31. The molecule has 0 aromatic carbocycles. The topological polar surface area (TPSA) is 52.0 Å². The van der Waals surface area contributed by atoms with Crippen molar-refractivity contribution in [2.75, 3.05) is 0 Å². The maximum atomic E-state index is 11.7. The summed E-state index contributed by atoms with van der Waals surface area (Å²) in [7, 11) is 0. The highest BCUT2D eigenvalue weighted by Gasteiger charge is 2.11. The van der Waals surface area contributed by atoms with Crippen molar-refractivity contribution in [3.63, 3.8) is 0 Å². The molecule has 1 aromatic rings. The van der Waals surface area contributed by atoms with Crippen LogP contribution < -0.4 is 5.56 Å². The fourth-order valence-electron chi connectivity index (χ4n) is 1.27. The second-order valence-corrected chi connectivity index (χ2v) is 3.70. The molecule has 0 N–H and O–H groups in total. The van der Waals surface area contributed by atoms with E-state index in [1.807, 2.05) is 6.92 Å². The van der Waals surface area contributed by atoms with Gasteiger partial charge in [0.1, 0.15) is 5.56 Å². The van der Waals surface area contributed by atoms with Crippen LogP contribution in [0, 0.1) is 6.92 Å². The maximum Gasteiger partial charge on any atom is 0.278 e. The Labute approximate surface area is 92.9 Å². The molecule has 0 radical (unpaired) electrons. The molecule has 82 valence electrons. The van der Waals surface area contributed by atoms with Crippen LogP contribution in [0.1, 0.15) is 35.8 Å². The molecule has 0 bridgehead atoms. The van der Waals surface area contributed by atoms with E-state index in [1.54, 1.807) is 6.92 Å². The van der Waals surface area contributed by atoms with E-state index >= 15 is 0 Å². The molecule has 0 atom stereocenters. The van der Waals surface area contributed by atoms with E-state index in [0.29, 0.717) is 12.2 Å². The number of aryl methyl sites for hydroxylation is 2. The van der Waals surface area contributed by atoms with E-state index in [4.69, 9.17) is 11.6 Å². The summed E-state index contributed by atoms with van der Waals surface area (Å²) in [5.74, 6) is 0. The second-order valence-electron chi connectivity index (χ2n) is 3.35. The number of rotatable bonds is 4. The molecule has 0 spiro atoms. The van der Waals surface area contributed by atoms with Gasteiger partial charge in [-0.25, -0.2) is 4.68 Å². The van der Waals surface area contributed by atoms with E-state index in [9.17, 15) is 9.59 Å². The lowest BCUT2D eigenvalue weighted by atomic mass is 10.2. The van der Waals surface area contributed by atoms with Gasteiger partial charge in [-0.05, 0) is 31.0 Å². The lowest BCUT2D eigenvalue weighted by molar-refractivity contribution is 0.107. The molecule has 1 heterocycles. The Kier molecular flexibility index (Phi) is 4.03. The Morgan fingerprint density at radius 1 is 1.60 bits per heavy atom. The Balaban J connectivity index is 3.17. The van der Waals surface area contributed by atoms with Crippen molar-refractivity contribution in [3.05, 3.63) is 27.7 Å². The summed E-state index contributed by atoms with van der Waals surface area (Å²) in [6, 6.07) is 1.42. The first-order valence-corrected chi connectivity index (χ1v) is 5.22.